The molecule has 0 aliphatic heterocycles. The molecule has 2 N–H and O–H groups in total. The summed E-state index contributed by atoms with van der Waals surface area (Å²) < 4.78 is 0. The van der Waals surface area contributed by atoms with Gasteiger partial charge in [-0.2, -0.15) is 0 Å². The zero-order valence-electron chi connectivity index (χ0n) is 22.0. The van der Waals surface area contributed by atoms with Gasteiger partial charge in [-0.25, -0.2) is 0 Å². The van der Waals surface area contributed by atoms with Crippen LogP contribution in [0.5, 0.6) is 0 Å². The Morgan fingerprint density at radius 2 is 1.50 bits per heavy atom. The van der Waals surface area contributed by atoms with Crippen molar-refractivity contribution in [3.8, 4) is 0 Å². The van der Waals surface area contributed by atoms with E-state index in [1.807, 2.05) is 27.7 Å². The summed E-state index contributed by atoms with van der Waals surface area (Å²) in [5.41, 5.74) is 2.87. The van der Waals surface area contributed by atoms with Crippen molar-refractivity contribution in [2.24, 2.45) is 40.4 Å². The van der Waals surface area contributed by atoms with Gasteiger partial charge in [-0.3, -0.25) is 0 Å². The molecule has 2 heteroatoms. The second-order valence-electron chi connectivity index (χ2n) is 13.9. The predicted molar refractivity (Wildman–Crippen MR) is 134 cm³/mol. The molecule has 4 aliphatic rings. The van der Waals surface area contributed by atoms with Crippen LogP contribution >= 0.6 is 0 Å². The fraction of sp³-hybridized carbons (Fsp3) is 0.867. The monoisotopic (exact) mass is 442 g/mol. The number of hydrogen-bond donors (Lipinski definition) is 2. The Hall–Kier alpha value is -0.600. The van der Waals surface area contributed by atoms with E-state index in [1.165, 1.54) is 44.9 Å². The second-order valence-corrected chi connectivity index (χ2v) is 13.9. The Balaban J connectivity index is 1.62. The zero-order chi connectivity index (χ0) is 23.5. The molecule has 3 fully saturated rings. The van der Waals surface area contributed by atoms with Crippen LogP contribution in [0.15, 0.2) is 23.3 Å². The van der Waals surface area contributed by atoms with Gasteiger partial charge >= 0.3 is 0 Å². The van der Waals surface area contributed by atoms with Crippen LogP contribution in [0.1, 0.15) is 113 Å². The van der Waals surface area contributed by atoms with Crippen LogP contribution in [-0.4, -0.2) is 21.4 Å². The summed E-state index contributed by atoms with van der Waals surface area (Å²) in [6.45, 7) is 15.5. The highest BCUT2D eigenvalue weighted by molar-refractivity contribution is 5.25. The summed E-state index contributed by atoms with van der Waals surface area (Å²) in [6.07, 6.45) is 17.5. The maximum Gasteiger partial charge on any atom is 0.0620 e. The predicted octanol–water partition coefficient (Wildman–Crippen LogP) is 7.45. The first-order valence-corrected chi connectivity index (χ1v) is 13.6. The lowest BCUT2D eigenvalue weighted by atomic mass is 9.51. The topological polar surface area (TPSA) is 40.5 Å². The van der Waals surface area contributed by atoms with Crippen LogP contribution < -0.4 is 0 Å². The lowest BCUT2D eigenvalue weighted by molar-refractivity contribution is -0.0486. The van der Waals surface area contributed by atoms with Gasteiger partial charge in [0.15, 0.2) is 0 Å². The molecule has 4 aliphatic carbocycles. The van der Waals surface area contributed by atoms with Gasteiger partial charge in [-0.1, -0.05) is 37.1 Å². The summed E-state index contributed by atoms with van der Waals surface area (Å²) in [4.78, 5) is 0. The molecule has 7 atom stereocenters. The summed E-state index contributed by atoms with van der Waals surface area (Å²) in [5.74, 6) is 2.66. The quantitative estimate of drug-likeness (QED) is 0.446. The van der Waals surface area contributed by atoms with Gasteiger partial charge in [0.2, 0.25) is 0 Å². The minimum absolute atomic E-state index is 0.311. The van der Waals surface area contributed by atoms with Crippen LogP contribution in [0.3, 0.4) is 0 Å². The normalized spacial score (nSPS) is 44.6. The SMILES string of the molecule is CC1=CCC(/C=C2/CCC[C@]3(C)CC[C@@H](C(C)(C)O)C[C@@H]23)[C@]2(C)CC[C@@H](C(C)(C)O)CC12. The third-order valence-electron chi connectivity index (χ3n) is 10.9. The molecule has 32 heavy (non-hydrogen) atoms. The largest absolute Gasteiger partial charge is 0.390 e. The second kappa shape index (κ2) is 8.26. The number of hydrogen-bond acceptors (Lipinski definition) is 2. The van der Waals surface area contributed by atoms with E-state index in [0.717, 1.165) is 19.3 Å². The van der Waals surface area contributed by atoms with Crippen LogP contribution in [-0.2, 0) is 0 Å². The van der Waals surface area contributed by atoms with Crippen LogP contribution in [0.25, 0.3) is 0 Å². The molecule has 0 heterocycles. The molecule has 0 saturated heterocycles. The Bertz CT molecular complexity index is 763. The molecule has 182 valence electrons. The summed E-state index contributed by atoms with van der Waals surface area (Å²) in [7, 11) is 0. The molecule has 2 unspecified atom stereocenters. The van der Waals surface area contributed by atoms with Gasteiger partial charge in [0.25, 0.3) is 0 Å². The third-order valence-corrected chi connectivity index (χ3v) is 10.9. The van der Waals surface area contributed by atoms with E-state index in [1.54, 1.807) is 11.1 Å². The highest BCUT2D eigenvalue weighted by Gasteiger charge is 2.50. The number of allylic oxidation sites excluding steroid dienone is 4. The van der Waals surface area contributed by atoms with Gasteiger partial charge in [0.1, 0.15) is 0 Å². The van der Waals surface area contributed by atoms with Crippen molar-refractivity contribution < 1.29 is 10.2 Å². The minimum atomic E-state index is -0.577. The summed E-state index contributed by atoms with van der Waals surface area (Å²) in [6, 6.07) is 0. The van der Waals surface area contributed by atoms with Gasteiger partial charge in [0, 0.05) is 0 Å². The molecule has 0 spiro atoms. The molecule has 0 aromatic carbocycles. The van der Waals surface area contributed by atoms with Gasteiger partial charge in [-0.05, 0) is 139 Å². The maximum absolute atomic E-state index is 10.8. The molecule has 0 aromatic rings. The van der Waals surface area contributed by atoms with Gasteiger partial charge in [0.05, 0.1) is 11.2 Å². The van der Waals surface area contributed by atoms with Crippen LogP contribution in [0, 0.1) is 40.4 Å². The fourth-order valence-electron chi connectivity index (χ4n) is 8.34. The molecule has 4 rings (SSSR count). The summed E-state index contributed by atoms with van der Waals surface area (Å²) in [5, 5.41) is 21.5. The Morgan fingerprint density at radius 1 is 0.906 bits per heavy atom. The van der Waals surface area contributed by atoms with Crippen molar-refractivity contribution in [1.82, 2.24) is 0 Å². The Kier molecular flexibility index (Phi) is 6.33. The maximum atomic E-state index is 10.8. The van der Waals surface area contributed by atoms with E-state index in [-0.39, 0.29) is 0 Å². The highest BCUT2D eigenvalue weighted by Crippen LogP contribution is 2.59. The minimum Gasteiger partial charge on any atom is -0.390 e. The van der Waals surface area contributed by atoms with Crippen molar-refractivity contribution in [3.05, 3.63) is 23.3 Å². The van der Waals surface area contributed by atoms with Gasteiger partial charge < -0.3 is 10.2 Å². The Labute approximate surface area is 198 Å². The molecule has 2 nitrogen and oxygen atoms in total. The van der Waals surface area contributed by atoms with E-state index in [4.69, 9.17) is 0 Å². The molecule has 0 radical (unpaired) electrons. The van der Waals surface area contributed by atoms with E-state index in [2.05, 4.69) is 32.9 Å². The van der Waals surface area contributed by atoms with Crippen LogP contribution in [0.2, 0.25) is 0 Å². The fourth-order valence-corrected chi connectivity index (χ4v) is 8.34. The lowest BCUT2D eigenvalue weighted by Gasteiger charge is -2.54. The standard InChI is InChI=1S/C30H50O2/c1-20-10-11-24(30(7)16-13-23(18-25(20)30)28(4,5)32)17-21-9-8-14-29(6)15-12-22(19-26(21)29)27(2,3)31/h10,17,22-26,31-32H,8-9,11-16,18-19H2,1-7H3/b21-17-/t22-,23-,24?,25?,26+,29-,30+/m1/s1. The van der Waals surface area contributed by atoms with Crippen molar-refractivity contribution in [2.45, 2.75) is 124 Å². The van der Waals surface area contributed by atoms with Crippen molar-refractivity contribution >= 4 is 0 Å². The number of rotatable bonds is 3. The molecular weight excluding hydrogens is 392 g/mol. The molecule has 0 aromatic heterocycles. The van der Waals surface area contributed by atoms with E-state index < -0.39 is 11.2 Å². The van der Waals surface area contributed by atoms with Gasteiger partial charge in [-0.15, -0.1) is 0 Å². The van der Waals surface area contributed by atoms with Crippen LogP contribution in [0.4, 0.5) is 0 Å². The zero-order valence-corrected chi connectivity index (χ0v) is 22.0. The van der Waals surface area contributed by atoms with Crippen molar-refractivity contribution in [3.63, 3.8) is 0 Å². The molecule has 0 amide bonds. The van der Waals surface area contributed by atoms with Crippen molar-refractivity contribution in [2.75, 3.05) is 0 Å². The van der Waals surface area contributed by atoms with E-state index >= 15 is 0 Å². The molecule has 0 bridgehead atoms. The first-order chi connectivity index (χ1) is 14.7. The average Bonchev–Trinajstić information content (AvgIpc) is 2.68. The van der Waals surface area contributed by atoms with E-state index in [0.29, 0.717) is 40.4 Å². The van der Waals surface area contributed by atoms with E-state index in [9.17, 15) is 10.2 Å². The number of fused-ring (bicyclic) bond motifs is 2. The molecule has 3 saturated carbocycles. The lowest BCUT2D eigenvalue weighted by Crippen LogP contribution is -2.47. The third kappa shape index (κ3) is 4.40. The van der Waals surface area contributed by atoms with Crippen molar-refractivity contribution in [1.29, 1.82) is 0 Å². The average molecular weight is 443 g/mol. The first kappa shape index (κ1) is 24.5. The smallest absolute Gasteiger partial charge is 0.0620 e. The highest BCUT2D eigenvalue weighted by atomic mass is 16.3. The first-order valence-electron chi connectivity index (χ1n) is 13.6. The summed E-state index contributed by atoms with van der Waals surface area (Å²) >= 11 is 0. The Morgan fingerprint density at radius 3 is 2.12 bits per heavy atom. The molecular formula is C30H50O2. The number of aliphatic hydroxyl groups is 2.